The molecular weight excluding hydrogens is 371 g/mol. The molecule has 2 N–H and O–H groups in total. The zero-order chi connectivity index (χ0) is 19.9. The summed E-state index contributed by atoms with van der Waals surface area (Å²) in [7, 11) is 0. The van der Waals surface area contributed by atoms with Crippen LogP contribution in [-0.4, -0.2) is 35.3 Å². The number of carbonyl (C=O) groups is 1. The number of hydrazone groups is 1. The van der Waals surface area contributed by atoms with Gasteiger partial charge in [0.15, 0.2) is 0 Å². The fourth-order valence-electron chi connectivity index (χ4n) is 3.65. The zero-order valence-corrected chi connectivity index (χ0v) is 15.1. The summed E-state index contributed by atoms with van der Waals surface area (Å²) in [4.78, 5) is 12.2. The van der Waals surface area contributed by atoms with Gasteiger partial charge in [-0.15, -0.1) is 0 Å². The quantitative estimate of drug-likeness (QED) is 0.625. The van der Waals surface area contributed by atoms with Crippen LogP contribution >= 0.6 is 0 Å². The maximum Gasteiger partial charge on any atom is 0.475 e. The van der Waals surface area contributed by atoms with Crippen molar-refractivity contribution in [2.45, 2.75) is 31.7 Å². The van der Waals surface area contributed by atoms with Crippen molar-refractivity contribution in [2.24, 2.45) is 0 Å². The number of carbonyl (C=O) groups excluding carboxylic acids is 1. The Bertz CT molecular complexity index is 998. The number of nitrogens with zero attached hydrogens (tertiary/aromatic N) is 1. The predicted octanol–water partition coefficient (Wildman–Crippen LogP) is 3.18. The van der Waals surface area contributed by atoms with Crippen molar-refractivity contribution < 1.29 is 27.4 Å². The average Bonchev–Trinajstić information content (AvgIpc) is 3.10. The molecule has 0 spiro atoms. The SMILES string of the molecule is CCOC(=O)C1=CN[N+]2=C(C(F)(F)F)CC(c3ccc4ccccc4c3)NC12. The van der Waals surface area contributed by atoms with Crippen LogP contribution in [0, 0.1) is 0 Å². The van der Waals surface area contributed by atoms with E-state index in [1.807, 2.05) is 42.5 Å². The Balaban J connectivity index is 1.73. The Labute approximate surface area is 159 Å². The minimum absolute atomic E-state index is 0.120. The monoisotopic (exact) mass is 390 g/mol. The fraction of sp³-hybridized carbons (Fsp3) is 0.300. The fourth-order valence-corrected chi connectivity index (χ4v) is 3.65. The minimum atomic E-state index is -4.53. The van der Waals surface area contributed by atoms with Crippen LogP contribution < -0.4 is 10.7 Å². The first kappa shape index (κ1) is 18.5. The molecule has 0 saturated heterocycles. The number of esters is 1. The highest BCUT2D eigenvalue weighted by atomic mass is 19.4. The van der Waals surface area contributed by atoms with Gasteiger partial charge in [0.05, 0.1) is 19.2 Å². The smallest absolute Gasteiger partial charge is 0.462 e. The number of hydrogen-bond acceptors (Lipinski definition) is 4. The summed E-state index contributed by atoms with van der Waals surface area (Å²) in [5, 5.41) is 5.12. The van der Waals surface area contributed by atoms with Crippen LogP contribution in [0.15, 0.2) is 54.2 Å². The van der Waals surface area contributed by atoms with Crippen molar-refractivity contribution in [3.05, 3.63) is 59.8 Å². The molecule has 2 unspecified atom stereocenters. The summed E-state index contributed by atoms with van der Waals surface area (Å²) in [5.41, 5.74) is 2.68. The summed E-state index contributed by atoms with van der Waals surface area (Å²) in [6.07, 6.45) is -4.47. The first-order valence-corrected chi connectivity index (χ1v) is 8.99. The van der Waals surface area contributed by atoms with Gasteiger partial charge in [-0.25, -0.2) is 10.1 Å². The molecule has 2 aromatic rings. The second kappa shape index (κ2) is 6.94. The molecule has 4 rings (SSSR count). The molecule has 2 heterocycles. The molecular formula is C20H19F3N3O2+. The topological polar surface area (TPSA) is 53.4 Å². The lowest BCUT2D eigenvalue weighted by molar-refractivity contribution is -0.610. The molecule has 146 valence electrons. The largest absolute Gasteiger partial charge is 0.475 e. The lowest BCUT2D eigenvalue weighted by atomic mass is 9.95. The molecule has 2 aliphatic heterocycles. The second-order valence-electron chi connectivity index (χ2n) is 6.70. The molecule has 0 aliphatic carbocycles. The third kappa shape index (κ3) is 3.24. The van der Waals surface area contributed by atoms with E-state index in [4.69, 9.17) is 4.74 Å². The Morgan fingerprint density at radius 1 is 1.21 bits per heavy atom. The minimum Gasteiger partial charge on any atom is -0.462 e. The maximum atomic E-state index is 13.7. The van der Waals surface area contributed by atoms with E-state index in [9.17, 15) is 18.0 Å². The molecule has 0 fully saturated rings. The van der Waals surface area contributed by atoms with E-state index >= 15 is 0 Å². The molecule has 0 bridgehead atoms. The summed E-state index contributed by atoms with van der Waals surface area (Å²) in [6, 6.07) is 12.7. The Morgan fingerprint density at radius 3 is 2.68 bits per heavy atom. The molecule has 0 saturated carbocycles. The van der Waals surface area contributed by atoms with Gasteiger partial charge in [0.2, 0.25) is 0 Å². The third-order valence-electron chi connectivity index (χ3n) is 4.97. The lowest BCUT2D eigenvalue weighted by Gasteiger charge is -2.28. The summed E-state index contributed by atoms with van der Waals surface area (Å²) in [5.74, 6) is -0.643. The first-order valence-electron chi connectivity index (χ1n) is 8.99. The van der Waals surface area contributed by atoms with Gasteiger partial charge >= 0.3 is 12.1 Å². The molecule has 2 aliphatic rings. The van der Waals surface area contributed by atoms with Crippen molar-refractivity contribution in [3.8, 4) is 0 Å². The molecule has 0 radical (unpaired) electrons. The molecule has 28 heavy (non-hydrogen) atoms. The number of halogens is 3. The molecule has 2 aromatic carbocycles. The van der Waals surface area contributed by atoms with Crippen molar-refractivity contribution in [2.75, 3.05) is 6.61 Å². The van der Waals surface area contributed by atoms with Crippen molar-refractivity contribution in [3.63, 3.8) is 0 Å². The van der Waals surface area contributed by atoms with Crippen LogP contribution in [-0.2, 0) is 9.53 Å². The Morgan fingerprint density at radius 2 is 1.96 bits per heavy atom. The van der Waals surface area contributed by atoms with Gasteiger partial charge in [-0.05, 0) is 29.3 Å². The van der Waals surface area contributed by atoms with Gasteiger partial charge in [0.1, 0.15) is 5.57 Å². The van der Waals surface area contributed by atoms with Crippen molar-refractivity contribution in [1.29, 1.82) is 0 Å². The number of benzene rings is 2. The molecule has 2 atom stereocenters. The highest BCUT2D eigenvalue weighted by Crippen LogP contribution is 2.33. The van der Waals surface area contributed by atoms with Gasteiger partial charge in [-0.2, -0.15) is 18.6 Å². The Kier molecular flexibility index (Phi) is 4.58. The molecule has 8 heteroatoms. The number of hydrazine groups is 1. The zero-order valence-electron chi connectivity index (χ0n) is 15.1. The number of nitrogens with one attached hydrogen (secondary N) is 2. The van der Waals surface area contributed by atoms with E-state index in [2.05, 4.69) is 10.7 Å². The standard InChI is InChI=1S/C20H18F3N3O2/c1-2-28-19(27)15-11-24-26-17(20(21,22)23)10-16(25-18(15)26)14-8-7-12-5-3-4-6-13(12)9-14/h3-9,11,16,18,25H,2,10H2,1H3/p+1. The first-order chi connectivity index (χ1) is 13.4. The highest BCUT2D eigenvalue weighted by Gasteiger charge is 2.54. The molecule has 5 nitrogen and oxygen atoms in total. The number of hydrogen-bond donors (Lipinski definition) is 2. The predicted molar refractivity (Wildman–Crippen MR) is 97.4 cm³/mol. The number of ether oxygens (including phenoxy) is 1. The van der Waals surface area contributed by atoms with E-state index in [0.29, 0.717) is 0 Å². The van der Waals surface area contributed by atoms with Crippen LogP contribution in [0.2, 0.25) is 0 Å². The van der Waals surface area contributed by atoms with Crippen molar-refractivity contribution in [1.82, 2.24) is 10.7 Å². The van der Waals surface area contributed by atoms with E-state index in [1.54, 1.807) is 6.92 Å². The second-order valence-corrected chi connectivity index (χ2v) is 6.70. The van der Waals surface area contributed by atoms with Gasteiger partial charge in [0, 0.05) is 6.04 Å². The van der Waals surface area contributed by atoms with Gasteiger partial charge < -0.3 is 4.74 Å². The van der Waals surface area contributed by atoms with E-state index in [1.165, 1.54) is 6.20 Å². The van der Waals surface area contributed by atoms with Crippen molar-refractivity contribution >= 4 is 22.5 Å². The van der Waals surface area contributed by atoms with E-state index < -0.39 is 30.1 Å². The molecule has 0 amide bonds. The van der Waals surface area contributed by atoms with E-state index in [0.717, 1.165) is 21.0 Å². The number of alkyl halides is 3. The Hall–Kier alpha value is -2.87. The lowest BCUT2D eigenvalue weighted by Crippen LogP contribution is -2.55. The van der Waals surface area contributed by atoms with Crippen LogP contribution in [0.5, 0.6) is 0 Å². The number of fused-ring (bicyclic) bond motifs is 2. The average molecular weight is 390 g/mol. The molecule has 0 aromatic heterocycles. The third-order valence-corrected chi connectivity index (χ3v) is 4.97. The van der Waals surface area contributed by atoms with Crippen LogP contribution in [0.3, 0.4) is 0 Å². The van der Waals surface area contributed by atoms with Gasteiger partial charge in [0.25, 0.3) is 11.9 Å². The summed E-state index contributed by atoms with van der Waals surface area (Å²) in [6.45, 7) is 1.80. The highest BCUT2D eigenvalue weighted by molar-refractivity contribution is 5.92. The van der Waals surface area contributed by atoms with Gasteiger partial charge in [-0.3, -0.25) is 0 Å². The van der Waals surface area contributed by atoms with Crippen LogP contribution in [0.4, 0.5) is 13.2 Å². The maximum absolute atomic E-state index is 13.7. The summed E-state index contributed by atoms with van der Waals surface area (Å²) >= 11 is 0. The number of rotatable bonds is 3. The normalized spacial score (nSPS) is 21.9. The van der Waals surface area contributed by atoms with Gasteiger partial charge in [-0.1, -0.05) is 41.1 Å². The summed E-state index contributed by atoms with van der Waals surface area (Å²) < 4.78 is 47.1. The van der Waals surface area contributed by atoms with Crippen LogP contribution in [0.25, 0.3) is 10.8 Å². The van der Waals surface area contributed by atoms with E-state index in [-0.39, 0.29) is 18.6 Å². The van der Waals surface area contributed by atoms with Crippen LogP contribution in [0.1, 0.15) is 24.9 Å².